The van der Waals surface area contributed by atoms with Crippen molar-refractivity contribution in [1.29, 1.82) is 0 Å². The van der Waals surface area contributed by atoms with E-state index in [0.29, 0.717) is 5.69 Å². The van der Waals surface area contributed by atoms with Gasteiger partial charge in [-0.2, -0.15) is 0 Å². The topological polar surface area (TPSA) is 126 Å². The zero-order valence-corrected chi connectivity index (χ0v) is 15.9. The van der Waals surface area contributed by atoms with Crippen molar-refractivity contribution >= 4 is 29.4 Å². The van der Waals surface area contributed by atoms with Crippen molar-refractivity contribution in [2.24, 2.45) is 0 Å². The summed E-state index contributed by atoms with van der Waals surface area (Å²) in [7, 11) is 1.64. The lowest BCUT2D eigenvalue weighted by Crippen LogP contribution is -2.50. The summed E-state index contributed by atoms with van der Waals surface area (Å²) < 4.78 is 4.88. The van der Waals surface area contributed by atoms with Crippen LogP contribution in [0.15, 0.2) is 24.3 Å². The molecule has 4 N–H and O–H groups in total. The van der Waals surface area contributed by atoms with Gasteiger partial charge in [-0.1, -0.05) is 12.1 Å². The SMILES string of the molecule is CN[C@@H](C)C(=O)N[C@@H](C)C(=O)NCC(=O)Nc1ccc(COC(C)=O)cc1. The van der Waals surface area contributed by atoms with Crippen molar-refractivity contribution in [1.82, 2.24) is 16.0 Å². The molecule has 9 heteroatoms. The molecule has 0 aliphatic heterocycles. The zero-order valence-electron chi connectivity index (χ0n) is 15.9. The monoisotopic (exact) mass is 378 g/mol. The summed E-state index contributed by atoms with van der Waals surface area (Å²) in [5, 5.41) is 10.4. The Balaban J connectivity index is 2.40. The molecule has 0 saturated heterocycles. The lowest BCUT2D eigenvalue weighted by Gasteiger charge is -2.17. The average Bonchev–Trinajstić information content (AvgIpc) is 2.64. The maximum absolute atomic E-state index is 12.0. The maximum atomic E-state index is 12.0. The average molecular weight is 378 g/mol. The number of hydrogen-bond acceptors (Lipinski definition) is 6. The molecule has 0 aliphatic carbocycles. The van der Waals surface area contributed by atoms with Crippen LogP contribution in [0.1, 0.15) is 26.3 Å². The number of likely N-dealkylation sites (N-methyl/N-ethyl adjacent to an activating group) is 1. The minimum Gasteiger partial charge on any atom is -0.461 e. The minimum absolute atomic E-state index is 0.162. The molecule has 0 spiro atoms. The van der Waals surface area contributed by atoms with Crippen molar-refractivity contribution in [3.63, 3.8) is 0 Å². The molecular weight excluding hydrogens is 352 g/mol. The molecule has 0 unspecified atom stereocenters. The summed E-state index contributed by atoms with van der Waals surface area (Å²) in [5.74, 6) is -1.54. The van der Waals surface area contributed by atoms with Crippen LogP contribution in [0.3, 0.4) is 0 Å². The first-order chi connectivity index (χ1) is 12.7. The van der Waals surface area contributed by atoms with E-state index in [4.69, 9.17) is 4.74 Å². The van der Waals surface area contributed by atoms with E-state index in [9.17, 15) is 19.2 Å². The van der Waals surface area contributed by atoms with Crippen LogP contribution in [-0.2, 0) is 30.5 Å². The Bertz CT molecular complexity index is 675. The number of esters is 1. The number of hydrogen-bond donors (Lipinski definition) is 4. The second-order valence-corrected chi connectivity index (χ2v) is 5.98. The molecule has 0 saturated carbocycles. The van der Waals surface area contributed by atoms with Crippen molar-refractivity contribution < 1.29 is 23.9 Å². The number of amides is 3. The molecule has 3 amide bonds. The Hall–Kier alpha value is -2.94. The second kappa shape index (κ2) is 10.9. The molecule has 0 radical (unpaired) electrons. The van der Waals surface area contributed by atoms with E-state index in [1.807, 2.05) is 0 Å². The van der Waals surface area contributed by atoms with Gasteiger partial charge in [0, 0.05) is 12.6 Å². The van der Waals surface area contributed by atoms with Crippen LogP contribution in [0, 0.1) is 0 Å². The minimum atomic E-state index is -0.762. The van der Waals surface area contributed by atoms with E-state index >= 15 is 0 Å². The van der Waals surface area contributed by atoms with Gasteiger partial charge in [-0.3, -0.25) is 19.2 Å². The Morgan fingerprint density at radius 1 is 1.00 bits per heavy atom. The van der Waals surface area contributed by atoms with E-state index in [1.54, 1.807) is 38.2 Å². The standard InChI is InChI=1S/C18H26N4O5/c1-11(19-4)18(26)21-12(2)17(25)20-9-16(24)22-15-7-5-14(6-8-15)10-27-13(3)23/h5-8,11-12,19H,9-10H2,1-4H3,(H,20,25)(H,21,26)(H,22,24)/t11-,12-/m0/s1. The smallest absolute Gasteiger partial charge is 0.302 e. The summed E-state index contributed by atoms with van der Waals surface area (Å²) in [4.78, 5) is 46.4. The summed E-state index contributed by atoms with van der Waals surface area (Å²) in [5.41, 5.74) is 1.34. The summed E-state index contributed by atoms with van der Waals surface area (Å²) in [6.07, 6.45) is 0. The third kappa shape index (κ3) is 8.32. The van der Waals surface area contributed by atoms with Gasteiger partial charge in [0.25, 0.3) is 0 Å². The highest BCUT2D eigenvalue weighted by Gasteiger charge is 2.19. The van der Waals surface area contributed by atoms with Crippen LogP contribution < -0.4 is 21.3 Å². The van der Waals surface area contributed by atoms with Crippen molar-refractivity contribution in [2.45, 2.75) is 39.5 Å². The van der Waals surface area contributed by atoms with Crippen LogP contribution in [0.4, 0.5) is 5.69 Å². The van der Waals surface area contributed by atoms with Gasteiger partial charge in [-0.15, -0.1) is 0 Å². The third-order valence-electron chi connectivity index (χ3n) is 3.68. The molecule has 148 valence electrons. The molecule has 0 aliphatic rings. The largest absolute Gasteiger partial charge is 0.461 e. The van der Waals surface area contributed by atoms with Gasteiger partial charge < -0.3 is 26.0 Å². The van der Waals surface area contributed by atoms with Crippen molar-refractivity contribution in [2.75, 3.05) is 18.9 Å². The zero-order chi connectivity index (χ0) is 20.4. The van der Waals surface area contributed by atoms with E-state index in [1.165, 1.54) is 13.8 Å². The van der Waals surface area contributed by atoms with Gasteiger partial charge in [-0.05, 0) is 38.6 Å². The number of carbonyl (C=O) groups is 4. The highest BCUT2D eigenvalue weighted by molar-refractivity contribution is 5.96. The van der Waals surface area contributed by atoms with E-state index in [2.05, 4.69) is 21.3 Å². The molecule has 0 heterocycles. The number of anilines is 1. The van der Waals surface area contributed by atoms with Gasteiger partial charge in [0.05, 0.1) is 12.6 Å². The molecule has 9 nitrogen and oxygen atoms in total. The van der Waals surface area contributed by atoms with Crippen LogP contribution in [0.2, 0.25) is 0 Å². The molecule has 27 heavy (non-hydrogen) atoms. The Labute approximate surface area is 158 Å². The number of nitrogens with one attached hydrogen (secondary N) is 4. The van der Waals surface area contributed by atoms with Gasteiger partial charge in [-0.25, -0.2) is 0 Å². The molecule has 0 fully saturated rings. The third-order valence-corrected chi connectivity index (χ3v) is 3.68. The van der Waals surface area contributed by atoms with E-state index < -0.39 is 23.9 Å². The van der Waals surface area contributed by atoms with Gasteiger partial charge >= 0.3 is 5.97 Å². The predicted molar refractivity (Wildman–Crippen MR) is 99.7 cm³/mol. The molecule has 1 aromatic carbocycles. The normalized spacial score (nSPS) is 12.4. The highest BCUT2D eigenvalue weighted by atomic mass is 16.5. The Morgan fingerprint density at radius 3 is 2.19 bits per heavy atom. The lowest BCUT2D eigenvalue weighted by molar-refractivity contribution is -0.142. The fourth-order valence-electron chi connectivity index (χ4n) is 1.93. The van der Waals surface area contributed by atoms with E-state index in [-0.39, 0.29) is 25.0 Å². The van der Waals surface area contributed by atoms with Gasteiger partial charge in [0.2, 0.25) is 17.7 Å². The fraction of sp³-hybridized carbons (Fsp3) is 0.444. The molecular formula is C18H26N4O5. The number of ether oxygens (including phenoxy) is 1. The van der Waals surface area contributed by atoms with Crippen LogP contribution in [-0.4, -0.2) is 49.4 Å². The number of rotatable bonds is 9. The van der Waals surface area contributed by atoms with Crippen LogP contribution in [0.25, 0.3) is 0 Å². The first-order valence-corrected chi connectivity index (χ1v) is 8.50. The number of carbonyl (C=O) groups excluding carboxylic acids is 4. The predicted octanol–water partition coefficient (Wildman–Crippen LogP) is -0.0830. The molecule has 0 bridgehead atoms. The lowest BCUT2D eigenvalue weighted by atomic mass is 10.2. The molecule has 1 aromatic rings. The Kier molecular flexibility index (Phi) is 8.94. The molecule has 2 atom stereocenters. The van der Waals surface area contributed by atoms with Gasteiger partial charge in [0.15, 0.2) is 0 Å². The molecule has 1 rings (SSSR count). The number of benzene rings is 1. The summed E-state index contributed by atoms with van der Waals surface area (Å²) in [6, 6.07) is 5.59. The van der Waals surface area contributed by atoms with Crippen LogP contribution >= 0.6 is 0 Å². The first kappa shape index (κ1) is 22.1. The van der Waals surface area contributed by atoms with Crippen molar-refractivity contribution in [3.8, 4) is 0 Å². The fourth-order valence-corrected chi connectivity index (χ4v) is 1.93. The quantitative estimate of drug-likeness (QED) is 0.445. The van der Waals surface area contributed by atoms with E-state index in [0.717, 1.165) is 5.56 Å². The van der Waals surface area contributed by atoms with Crippen molar-refractivity contribution in [3.05, 3.63) is 29.8 Å². The first-order valence-electron chi connectivity index (χ1n) is 8.50. The summed E-state index contributed by atoms with van der Waals surface area (Å²) >= 11 is 0. The second-order valence-electron chi connectivity index (χ2n) is 5.98. The van der Waals surface area contributed by atoms with Crippen LogP contribution in [0.5, 0.6) is 0 Å². The molecule has 0 aromatic heterocycles. The Morgan fingerprint density at radius 2 is 1.63 bits per heavy atom. The summed E-state index contributed by atoms with van der Waals surface area (Å²) in [6.45, 7) is 4.47. The highest BCUT2D eigenvalue weighted by Crippen LogP contribution is 2.10. The maximum Gasteiger partial charge on any atom is 0.302 e. The van der Waals surface area contributed by atoms with Gasteiger partial charge in [0.1, 0.15) is 12.6 Å².